The van der Waals surface area contributed by atoms with Gasteiger partial charge in [-0.25, -0.2) is 4.98 Å². The van der Waals surface area contributed by atoms with Crippen LogP contribution >= 0.6 is 0 Å². The number of nitrogens with zero attached hydrogens (tertiary/aromatic N) is 3. The zero-order valence-corrected chi connectivity index (χ0v) is 13.6. The van der Waals surface area contributed by atoms with Crippen LogP contribution in [0.3, 0.4) is 0 Å². The molecular formula is C19H18N4O. The van der Waals surface area contributed by atoms with Crippen LogP contribution in [0, 0.1) is 0 Å². The van der Waals surface area contributed by atoms with Crippen molar-refractivity contribution < 1.29 is 4.79 Å². The van der Waals surface area contributed by atoms with E-state index in [0.717, 1.165) is 22.3 Å². The highest BCUT2D eigenvalue weighted by molar-refractivity contribution is 5.94. The molecule has 2 aromatic heterocycles. The molecule has 1 amide bonds. The van der Waals surface area contributed by atoms with Gasteiger partial charge in [-0.05, 0) is 41.5 Å². The summed E-state index contributed by atoms with van der Waals surface area (Å²) in [5.74, 6) is 0.428. The molecule has 5 nitrogen and oxygen atoms in total. The number of nitrogens with two attached hydrogens (primary N) is 1. The third kappa shape index (κ3) is 3.10. The Bertz CT molecular complexity index is 858. The summed E-state index contributed by atoms with van der Waals surface area (Å²) in [6.07, 6.45) is 5.23. The fourth-order valence-corrected chi connectivity index (χ4v) is 2.46. The molecule has 2 heterocycles. The van der Waals surface area contributed by atoms with Gasteiger partial charge in [-0.15, -0.1) is 0 Å². The van der Waals surface area contributed by atoms with Crippen LogP contribution in [0.5, 0.6) is 0 Å². The predicted molar refractivity (Wildman–Crippen MR) is 95.3 cm³/mol. The molecule has 0 aliphatic rings. The summed E-state index contributed by atoms with van der Waals surface area (Å²) in [6, 6.07) is 13.2. The lowest BCUT2D eigenvalue weighted by Crippen LogP contribution is -2.21. The van der Waals surface area contributed by atoms with Gasteiger partial charge in [0.2, 0.25) is 0 Å². The molecule has 0 saturated heterocycles. The second-order valence-corrected chi connectivity index (χ2v) is 5.67. The van der Waals surface area contributed by atoms with E-state index in [4.69, 9.17) is 5.73 Å². The van der Waals surface area contributed by atoms with Crippen molar-refractivity contribution in [3.63, 3.8) is 0 Å². The molecular weight excluding hydrogens is 300 g/mol. The maximum Gasteiger partial charge on any atom is 0.253 e. The monoisotopic (exact) mass is 318 g/mol. The standard InChI is InChI=1S/C19H18N4O/c1-23(2)19(24)15-5-3-14(4-6-15)17-11-16(12-22-18(17)20)13-7-9-21-10-8-13/h3-12H,1-2H3,(H2,20,22). The lowest BCUT2D eigenvalue weighted by molar-refractivity contribution is 0.0827. The summed E-state index contributed by atoms with van der Waals surface area (Å²) in [5.41, 5.74) is 10.4. The summed E-state index contributed by atoms with van der Waals surface area (Å²) in [5, 5.41) is 0. The minimum Gasteiger partial charge on any atom is -0.383 e. The van der Waals surface area contributed by atoms with Crippen molar-refractivity contribution in [2.75, 3.05) is 19.8 Å². The van der Waals surface area contributed by atoms with Crippen LogP contribution in [0.2, 0.25) is 0 Å². The van der Waals surface area contributed by atoms with E-state index in [9.17, 15) is 4.79 Å². The second-order valence-electron chi connectivity index (χ2n) is 5.67. The largest absolute Gasteiger partial charge is 0.383 e. The SMILES string of the molecule is CN(C)C(=O)c1ccc(-c2cc(-c3ccncc3)cnc2N)cc1. The van der Waals surface area contributed by atoms with Crippen LogP contribution in [0.25, 0.3) is 22.3 Å². The van der Waals surface area contributed by atoms with Gasteiger partial charge >= 0.3 is 0 Å². The Balaban J connectivity index is 1.99. The summed E-state index contributed by atoms with van der Waals surface area (Å²) in [7, 11) is 3.46. The highest BCUT2D eigenvalue weighted by Gasteiger charge is 2.10. The molecule has 0 unspecified atom stereocenters. The van der Waals surface area contributed by atoms with Crippen molar-refractivity contribution in [2.24, 2.45) is 0 Å². The minimum absolute atomic E-state index is 0.0295. The maximum absolute atomic E-state index is 12.0. The summed E-state index contributed by atoms with van der Waals surface area (Å²) in [6.45, 7) is 0. The van der Waals surface area contributed by atoms with E-state index in [1.807, 2.05) is 30.3 Å². The van der Waals surface area contributed by atoms with Gasteiger partial charge in [0, 0.05) is 49.4 Å². The highest BCUT2D eigenvalue weighted by atomic mass is 16.2. The molecule has 0 spiro atoms. The fraction of sp³-hybridized carbons (Fsp3) is 0.105. The number of hydrogen-bond donors (Lipinski definition) is 1. The van der Waals surface area contributed by atoms with E-state index in [1.165, 1.54) is 0 Å². The van der Waals surface area contributed by atoms with Crippen LogP contribution in [0.4, 0.5) is 5.82 Å². The van der Waals surface area contributed by atoms with E-state index in [2.05, 4.69) is 9.97 Å². The maximum atomic E-state index is 12.0. The topological polar surface area (TPSA) is 72.1 Å². The molecule has 0 aliphatic carbocycles. The van der Waals surface area contributed by atoms with Gasteiger partial charge < -0.3 is 10.6 Å². The average Bonchev–Trinajstić information content (AvgIpc) is 2.62. The van der Waals surface area contributed by atoms with Gasteiger partial charge in [0.1, 0.15) is 5.82 Å². The Morgan fingerprint density at radius 3 is 2.25 bits per heavy atom. The number of anilines is 1. The van der Waals surface area contributed by atoms with Gasteiger partial charge in [0.05, 0.1) is 0 Å². The van der Waals surface area contributed by atoms with E-state index >= 15 is 0 Å². The van der Waals surface area contributed by atoms with Crippen molar-refractivity contribution in [3.05, 3.63) is 66.6 Å². The zero-order valence-electron chi connectivity index (χ0n) is 13.6. The van der Waals surface area contributed by atoms with Crippen molar-refractivity contribution in [1.29, 1.82) is 0 Å². The Hall–Kier alpha value is -3.21. The van der Waals surface area contributed by atoms with Crippen LogP contribution in [0.1, 0.15) is 10.4 Å². The lowest BCUT2D eigenvalue weighted by atomic mass is 10.0. The number of hydrogen-bond acceptors (Lipinski definition) is 4. The Kier molecular flexibility index (Phi) is 4.24. The molecule has 0 atom stereocenters. The lowest BCUT2D eigenvalue weighted by Gasteiger charge is -2.12. The van der Waals surface area contributed by atoms with Crippen LogP contribution in [-0.4, -0.2) is 34.9 Å². The van der Waals surface area contributed by atoms with E-state index < -0.39 is 0 Å². The molecule has 0 fully saturated rings. The number of benzene rings is 1. The van der Waals surface area contributed by atoms with Crippen LogP contribution in [-0.2, 0) is 0 Å². The third-order valence-electron chi connectivity index (χ3n) is 3.78. The molecule has 2 N–H and O–H groups in total. The normalized spacial score (nSPS) is 10.4. The molecule has 0 saturated carbocycles. The first kappa shape index (κ1) is 15.7. The number of amides is 1. The van der Waals surface area contributed by atoms with Gasteiger partial charge in [-0.3, -0.25) is 9.78 Å². The molecule has 24 heavy (non-hydrogen) atoms. The second kappa shape index (κ2) is 6.50. The number of carbonyl (C=O) groups is 1. The van der Waals surface area contributed by atoms with E-state index in [0.29, 0.717) is 11.4 Å². The average molecular weight is 318 g/mol. The number of nitrogen functional groups attached to an aromatic ring is 1. The van der Waals surface area contributed by atoms with Crippen molar-refractivity contribution in [2.45, 2.75) is 0 Å². The third-order valence-corrected chi connectivity index (χ3v) is 3.78. The van der Waals surface area contributed by atoms with Gasteiger partial charge in [-0.1, -0.05) is 12.1 Å². The molecule has 0 radical (unpaired) electrons. The molecule has 0 bridgehead atoms. The number of carbonyl (C=O) groups excluding carboxylic acids is 1. The van der Waals surface area contributed by atoms with Crippen molar-refractivity contribution in [3.8, 4) is 22.3 Å². The first-order valence-corrected chi connectivity index (χ1v) is 7.54. The van der Waals surface area contributed by atoms with E-state index in [-0.39, 0.29) is 5.91 Å². The molecule has 3 rings (SSSR count). The molecule has 3 aromatic rings. The number of pyridine rings is 2. The molecule has 5 heteroatoms. The summed E-state index contributed by atoms with van der Waals surface area (Å²) < 4.78 is 0. The molecule has 1 aromatic carbocycles. The van der Waals surface area contributed by atoms with Crippen molar-refractivity contribution >= 4 is 11.7 Å². The molecule has 120 valence electrons. The summed E-state index contributed by atoms with van der Waals surface area (Å²) in [4.78, 5) is 21.9. The number of rotatable bonds is 3. The van der Waals surface area contributed by atoms with Crippen LogP contribution < -0.4 is 5.73 Å². The fourth-order valence-electron chi connectivity index (χ4n) is 2.46. The Morgan fingerprint density at radius 1 is 0.958 bits per heavy atom. The summed E-state index contributed by atoms with van der Waals surface area (Å²) >= 11 is 0. The number of aromatic nitrogens is 2. The van der Waals surface area contributed by atoms with Gasteiger partial charge in [-0.2, -0.15) is 0 Å². The van der Waals surface area contributed by atoms with Crippen molar-refractivity contribution in [1.82, 2.24) is 14.9 Å². The quantitative estimate of drug-likeness (QED) is 0.805. The van der Waals surface area contributed by atoms with Gasteiger partial charge in [0.25, 0.3) is 5.91 Å². The minimum atomic E-state index is -0.0295. The smallest absolute Gasteiger partial charge is 0.253 e. The van der Waals surface area contributed by atoms with E-state index in [1.54, 1.807) is 49.7 Å². The first-order valence-electron chi connectivity index (χ1n) is 7.54. The van der Waals surface area contributed by atoms with Crippen LogP contribution in [0.15, 0.2) is 61.1 Å². The predicted octanol–water partition coefficient (Wildman–Crippen LogP) is 3.09. The zero-order chi connectivity index (χ0) is 17.1. The highest BCUT2D eigenvalue weighted by Crippen LogP contribution is 2.29. The van der Waals surface area contributed by atoms with Gasteiger partial charge in [0.15, 0.2) is 0 Å². The molecule has 0 aliphatic heterocycles. The Morgan fingerprint density at radius 2 is 1.62 bits per heavy atom. The Labute approximate surface area is 140 Å². The first-order chi connectivity index (χ1) is 11.6.